The third-order valence-electron chi connectivity index (χ3n) is 4.32. The number of hydrogen-bond donors (Lipinski definition) is 1. The van der Waals surface area contributed by atoms with Gasteiger partial charge in [0, 0.05) is 38.9 Å². The quantitative estimate of drug-likeness (QED) is 0.783. The minimum absolute atomic E-state index is 0.0289. The number of benzene rings is 1. The summed E-state index contributed by atoms with van der Waals surface area (Å²) >= 11 is 3.56. The number of alkyl halides is 1. The Labute approximate surface area is 144 Å². The maximum absolute atomic E-state index is 12.6. The Bertz CT molecular complexity index is 560. The molecule has 7 heteroatoms. The Morgan fingerprint density at radius 2 is 1.87 bits per heavy atom. The van der Waals surface area contributed by atoms with Gasteiger partial charge in [0.2, 0.25) is 0 Å². The Morgan fingerprint density at radius 3 is 2.52 bits per heavy atom. The van der Waals surface area contributed by atoms with Crippen molar-refractivity contribution in [2.45, 2.75) is 10.9 Å². The maximum atomic E-state index is 12.6. The van der Waals surface area contributed by atoms with Gasteiger partial charge in [-0.3, -0.25) is 14.6 Å². The van der Waals surface area contributed by atoms with Crippen molar-refractivity contribution < 1.29 is 9.90 Å². The molecular formula is C16H21BrN4O2. The topological polar surface area (TPSA) is 59.4 Å². The van der Waals surface area contributed by atoms with E-state index in [1.54, 1.807) is 0 Å². The van der Waals surface area contributed by atoms with Crippen LogP contribution >= 0.6 is 15.9 Å². The number of anilines is 1. The fourth-order valence-electron chi connectivity index (χ4n) is 3.00. The molecule has 0 radical (unpaired) electrons. The van der Waals surface area contributed by atoms with Gasteiger partial charge >= 0.3 is 0 Å². The van der Waals surface area contributed by atoms with Gasteiger partial charge in [0.25, 0.3) is 5.91 Å². The average molecular weight is 381 g/mol. The molecule has 2 heterocycles. The molecule has 2 aliphatic heterocycles. The highest BCUT2D eigenvalue weighted by atomic mass is 79.9. The molecule has 0 bridgehead atoms. The normalized spacial score (nSPS) is 26.7. The van der Waals surface area contributed by atoms with Crippen LogP contribution in [0, 0.1) is 0 Å². The van der Waals surface area contributed by atoms with Crippen LogP contribution in [-0.4, -0.2) is 77.2 Å². The first-order valence-corrected chi connectivity index (χ1v) is 8.77. The van der Waals surface area contributed by atoms with Crippen molar-refractivity contribution in [3.8, 4) is 0 Å². The van der Waals surface area contributed by atoms with Crippen LogP contribution in [0.2, 0.25) is 0 Å². The molecule has 0 spiro atoms. The zero-order chi connectivity index (χ0) is 16.2. The van der Waals surface area contributed by atoms with Gasteiger partial charge in [-0.1, -0.05) is 34.1 Å². The van der Waals surface area contributed by atoms with E-state index in [0.29, 0.717) is 6.54 Å². The smallest absolute Gasteiger partial charge is 0.263 e. The van der Waals surface area contributed by atoms with Crippen molar-refractivity contribution in [3.05, 3.63) is 30.3 Å². The van der Waals surface area contributed by atoms with Crippen LogP contribution < -0.4 is 5.01 Å². The second kappa shape index (κ2) is 7.53. The van der Waals surface area contributed by atoms with Crippen LogP contribution in [0.5, 0.6) is 0 Å². The third kappa shape index (κ3) is 3.63. The fourth-order valence-corrected chi connectivity index (χ4v) is 3.66. The van der Waals surface area contributed by atoms with Crippen LogP contribution in [0.4, 0.5) is 5.69 Å². The molecule has 1 aromatic carbocycles. The molecule has 2 aliphatic rings. The van der Waals surface area contributed by atoms with Crippen LogP contribution in [0.3, 0.4) is 0 Å². The number of aliphatic hydroxyl groups excluding tert-OH is 1. The molecule has 3 rings (SSSR count). The highest BCUT2D eigenvalue weighted by Crippen LogP contribution is 2.24. The van der Waals surface area contributed by atoms with Crippen molar-refractivity contribution in [1.29, 1.82) is 0 Å². The van der Waals surface area contributed by atoms with Crippen molar-refractivity contribution in [2.24, 2.45) is 5.10 Å². The van der Waals surface area contributed by atoms with E-state index in [1.165, 1.54) is 5.01 Å². The Hall–Kier alpha value is -1.28. The van der Waals surface area contributed by atoms with Gasteiger partial charge in [0.1, 0.15) is 4.83 Å². The number of carbonyl (C=O) groups excluding carboxylic acids is 1. The molecule has 0 unspecified atom stereocenters. The lowest BCUT2D eigenvalue weighted by atomic mass is 10.1. The first-order valence-electron chi connectivity index (χ1n) is 7.85. The predicted octanol–water partition coefficient (Wildman–Crippen LogP) is 0.761. The summed E-state index contributed by atoms with van der Waals surface area (Å²) in [5.74, 6) is -0.0403. The fraction of sp³-hybridized carbons (Fsp3) is 0.500. The van der Waals surface area contributed by atoms with Crippen molar-refractivity contribution in [2.75, 3.05) is 44.3 Å². The minimum atomic E-state index is -0.301. The van der Waals surface area contributed by atoms with Gasteiger partial charge in [-0.25, -0.2) is 5.01 Å². The number of β-amino-alcohol motifs (C(OH)–C–C–N with tert-alkyl or cyclic N) is 1. The van der Waals surface area contributed by atoms with E-state index in [2.05, 4.69) is 30.8 Å². The molecule has 1 fully saturated rings. The summed E-state index contributed by atoms with van der Waals surface area (Å²) in [6.07, 6.45) is 1.86. The van der Waals surface area contributed by atoms with E-state index in [0.717, 1.165) is 31.9 Å². The van der Waals surface area contributed by atoms with E-state index in [-0.39, 0.29) is 23.4 Å². The Morgan fingerprint density at radius 1 is 1.17 bits per heavy atom. The van der Waals surface area contributed by atoms with Crippen LogP contribution in [0.15, 0.2) is 35.4 Å². The second-order valence-electron chi connectivity index (χ2n) is 5.74. The summed E-state index contributed by atoms with van der Waals surface area (Å²) in [7, 11) is 0. The number of rotatable bonds is 4. The number of hydrazone groups is 1. The molecule has 0 aromatic heterocycles. The zero-order valence-corrected chi connectivity index (χ0v) is 14.5. The minimum Gasteiger partial charge on any atom is -0.395 e. The Kier molecular flexibility index (Phi) is 5.42. The van der Waals surface area contributed by atoms with E-state index in [9.17, 15) is 4.79 Å². The van der Waals surface area contributed by atoms with Crippen LogP contribution in [0.1, 0.15) is 0 Å². The van der Waals surface area contributed by atoms with Crippen LogP contribution in [0.25, 0.3) is 0 Å². The summed E-state index contributed by atoms with van der Waals surface area (Å²) in [4.78, 5) is 16.8. The lowest BCUT2D eigenvalue weighted by Gasteiger charge is -2.41. The molecule has 0 saturated carbocycles. The molecule has 0 aliphatic carbocycles. The molecule has 6 nitrogen and oxygen atoms in total. The first-order chi connectivity index (χ1) is 11.2. The van der Waals surface area contributed by atoms with Gasteiger partial charge in [-0.2, -0.15) is 5.10 Å². The molecule has 1 saturated heterocycles. The molecule has 124 valence electrons. The van der Waals surface area contributed by atoms with E-state index < -0.39 is 0 Å². The summed E-state index contributed by atoms with van der Waals surface area (Å²) in [6.45, 7) is 4.46. The monoisotopic (exact) mass is 380 g/mol. The molecule has 1 N–H and O–H groups in total. The average Bonchev–Trinajstić information content (AvgIpc) is 2.59. The van der Waals surface area contributed by atoms with Crippen molar-refractivity contribution in [1.82, 2.24) is 9.80 Å². The van der Waals surface area contributed by atoms with Crippen molar-refractivity contribution in [3.63, 3.8) is 0 Å². The van der Waals surface area contributed by atoms with Gasteiger partial charge in [0.15, 0.2) is 0 Å². The molecule has 1 aromatic rings. The van der Waals surface area contributed by atoms with E-state index >= 15 is 0 Å². The van der Waals surface area contributed by atoms with E-state index in [1.807, 2.05) is 36.5 Å². The highest BCUT2D eigenvalue weighted by Gasteiger charge is 2.37. The summed E-state index contributed by atoms with van der Waals surface area (Å²) in [5, 5.41) is 14.8. The first kappa shape index (κ1) is 16.6. The number of hydrogen-bond acceptors (Lipinski definition) is 5. The van der Waals surface area contributed by atoms with Gasteiger partial charge in [-0.15, -0.1) is 0 Å². The molecule has 23 heavy (non-hydrogen) atoms. The predicted molar refractivity (Wildman–Crippen MR) is 94.0 cm³/mol. The lowest BCUT2D eigenvalue weighted by molar-refractivity contribution is -0.119. The van der Waals surface area contributed by atoms with E-state index in [4.69, 9.17) is 5.11 Å². The second-order valence-corrected chi connectivity index (χ2v) is 6.73. The maximum Gasteiger partial charge on any atom is 0.263 e. The summed E-state index contributed by atoms with van der Waals surface area (Å²) in [6, 6.07) is 9.44. The molecule has 1 amide bonds. The van der Waals surface area contributed by atoms with Crippen molar-refractivity contribution >= 4 is 33.7 Å². The van der Waals surface area contributed by atoms with Gasteiger partial charge in [-0.05, 0) is 12.1 Å². The number of halogens is 1. The summed E-state index contributed by atoms with van der Waals surface area (Å²) < 4.78 is 0. The van der Waals surface area contributed by atoms with Gasteiger partial charge < -0.3 is 5.11 Å². The Balaban J connectivity index is 1.68. The number of aliphatic hydroxyl groups is 1. The summed E-state index contributed by atoms with van der Waals surface area (Å²) in [5.41, 5.74) is 0.782. The SMILES string of the molecule is O=C1[C@H](Br)[C@@H](N2CCN(CCO)CC2)C=NN1c1ccccc1. The third-order valence-corrected chi connectivity index (χ3v) is 5.26. The highest BCUT2D eigenvalue weighted by molar-refractivity contribution is 9.10. The number of carbonyl (C=O) groups is 1. The van der Waals surface area contributed by atoms with Crippen LogP contribution in [-0.2, 0) is 4.79 Å². The largest absolute Gasteiger partial charge is 0.395 e. The zero-order valence-electron chi connectivity index (χ0n) is 12.9. The van der Waals surface area contributed by atoms with Gasteiger partial charge in [0.05, 0.1) is 18.3 Å². The lowest BCUT2D eigenvalue weighted by Crippen LogP contribution is -2.58. The molecule has 2 atom stereocenters. The standard InChI is InChI=1S/C16H21BrN4O2/c17-15-14(20-8-6-19(7-9-20)10-11-22)12-18-21(16(15)23)13-4-2-1-3-5-13/h1-5,12,14-15,22H,6-11H2/t14-,15+/m0/s1. The molecular weight excluding hydrogens is 360 g/mol. The number of piperazine rings is 1. The number of amides is 1. The number of para-hydroxylation sites is 1. The number of nitrogens with zero attached hydrogens (tertiary/aromatic N) is 4.